The molecule has 0 radical (unpaired) electrons. The van der Waals surface area contributed by atoms with E-state index in [9.17, 15) is 13.2 Å². The summed E-state index contributed by atoms with van der Waals surface area (Å²) in [6, 6.07) is 6.23. The highest BCUT2D eigenvalue weighted by Gasteiger charge is 2.20. The predicted octanol–water partition coefficient (Wildman–Crippen LogP) is 1.58. The third kappa shape index (κ3) is 3.83. The van der Waals surface area contributed by atoms with Gasteiger partial charge in [-0.05, 0) is 26.0 Å². The lowest BCUT2D eigenvalue weighted by Gasteiger charge is -2.09. The summed E-state index contributed by atoms with van der Waals surface area (Å²) in [7, 11) is -3.38. The number of nitrogens with zero attached hydrogens (tertiary/aromatic N) is 4. The molecule has 0 fully saturated rings. The number of anilines is 1. The Kier molecular flexibility index (Phi) is 5.10. The molecule has 0 amide bonds. The summed E-state index contributed by atoms with van der Waals surface area (Å²) < 4.78 is 29.7. The number of carboxylic acid groups (broad SMARTS) is 1. The summed E-state index contributed by atoms with van der Waals surface area (Å²) >= 11 is 0. The fraction of sp³-hybridized carbons (Fsp3) is 0.235. The third-order valence-electron chi connectivity index (χ3n) is 3.87. The number of sulfone groups is 1. The van der Waals surface area contributed by atoms with E-state index in [1.165, 1.54) is 18.3 Å². The maximum Gasteiger partial charge on any atom is 0.312 e. The standard InChI is InChI=1S/C17H17N5O5S/c1-9(2)28(25,26)11-5-3-10(4-6-11)12-8-19-16(18)15(20-12)17-22-21-13(27-17)7-14(23)24/h3-6,8-9H,7H2,1-2H3,(H2,18,19)(H,23,24). The van der Waals surface area contributed by atoms with Crippen molar-refractivity contribution in [2.24, 2.45) is 0 Å². The van der Waals surface area contributed by atoms with Crippen molar-refractivity contribution in [2.75, 3.05) is 5.73 Å². The van der Waals surface area contributed by atoms with Crippen molar-refractivity contribution in [3.63, 3.8) is 0 Å². The summed E-state index contributed by atoms with van der Waals surface area (Å²) in [5, 5.41) is 15.7. The molecule has 0 bridgehead atoms. The van der Waals surface area contributed by atoms with Gasteiger partial charge in [-0.3, -0.25) is 4.79 Å². The smallest absolute Gasteiger partial charge is 0.312 e. The molecule has 1 aromatic carbocycles. The zero-order valence-corrected chi connectivity index (χ0v) is 15.8. The van der Waals surface area contributed by atoms with Crippen molar-refractivity contribution < 1.29 is 22.7 Å². The van der Waals surface area contributed by atoms with Crippen LogP contribution in [0, 0.1) is 0 Å². The molecule has 0 saturated heterocycles. The second kappa shape index (κ2) is 7.35. The van der Waals surface area contributed by atoms with E-state index >= 15 is 0 Å². The summed E-state index contributed by atoms with van der Waals surface area (Å²) in [6.07, 6.45) is 1.01. The lowest BCUT2D eigenvalue weighted by Crippen LogP contribution is -2.13. The summed E-state index contributed by atoms with van der Waals surface area (Å²) in [5.41, 5.74) is 6.96. The maximum atomic E-state index is 12.2. The third-order valence-corrected chi connectivity index (χ3v) is 6.04. The van der Waals surface area contributed by atoms with Crippen molar-refractivity contribution in [1.82, 2.24) is 20.2 Å². The molecule has 3 rings (SSSR count). The molecule has 3 aromatic rings. The minimum absolute atomic E-state index is 0.0354. The highest BCUT2D eigenvalue weighted by Crippen LogP contribution is 2.26. The van der Waals surface area contributed by atoms with Crippen molar-refractivity contribution >= 4 is 21.6 Å². The molecule has 0 spiro atoms. The number of hydrogen-bond donors (Lipinski definition) is 2. The Morgan fingerprint density at radius 2 is 1.89 bits per heavy atom. The number of nitrogens with two attached hydrogens (primary N) is 1. The number of aliphatic carboxylic acids is 1. The molecule has 0 aliphatic heterocycles. The predicted molar refractivity (Wildman–Crippen MR) is 98.8 cm³/mol. The lowest BCUT2D eigenvalue weighted by molar-refractivity contribution is -0.136. The Hall–Kier alpha value is -3.34. The van der Waals surface area contributed by atoms with Gasteiger partial charge in [-0.1, -0.05) is 12.1 Å². The number of carbonyl (C=O) groups is 1. The van der Waals surface area contributed by atoms with Crippen molar-refractivity contribution in [3.05, 3.63) is 36.4 Å². The Balaban J connectivity index is 1.95. The van der Waals surface area contributed by atoms with E-state index in [2.05, 4.69) is 20.2 Å². The Morgan fingerprint density at radius 3 is 2.50 bits per heavy atom. The minimum atomic E-state index is -3.38. The van der Waals surface area contributed by atoms with Crippen LogP contribution in [0.15, 0.2) is 39.8 Å². The van der Waals surface area contributed by atoms with E-state index in [-0.39, 0.29) is 28.2 Å². The molecular weight excluding hydrogens is 386 g/mol. The van der Waals surface area contributed by atoms with E-state index in [4.69, 9.17) is 15.3 Å². The van der Waals surface area contributed by atoms with Gasteiger partial charge in [0.1, 0.15) is 6.42 Å². The molecule has 0 atom stereocenters. The van der Waals surface area contributed by atoms with Crippen molar-refractivity contribution in [2.45, 2.75) is 30.4 Å². The topological polar surface area (TPSA) is 162 Å². The van der Waals surface area contributed by atoms with Crippen LogP contribution in [-0.2, 0) is 21.1 Å². The van der Waals surface area contributed by atoms with Gasteiger partial charge in [-0.15, -0.1) is 10.2 Å². The van der Waals surface area contributed by atoms with E-state index in [1.54, 1.807) is 26.0 Å². The van der Waals surface area contributed by atoms with Gasteiger partial charge in [0.2, 0.25) is 5.89 Å². The molecule has 0 unspecified atom stereocenters. The van der Waals surface area contributed by atoms with Gasteiger partial charge < -0.3 is 15.3 Å². The van der Waals surface area contributed by atoms with Gasteiger partial charge in [0.05, 0.1) is 22.0 Å². The van der Waals surface area contributed by atoms with Gasteiger partial charge in [0.15, 0.2) is 21.3 Å². The van der Waals surface area contributed by atoms with Crippen LogP contribution in [0.1, 0.15) is 19.7 Å². The SMILES string of the molecule is CC(C)S(=O)(=O)c1ccc(-c2cnc(N)c(-c3nnc(CC(=O)O)o3)n2)cc1. The summed E-state index contributed by atoms with van der Waals surface area (Å²) in [4.78, 5) is 19.4. The fourth-order valence-corrected chi connectivity index (χ4v) is 3.39. The van der Waals surface area contributed by atoms with Crippen LogP contribution in [0.25, 0.3) is 22.8 Å². The van der Waals surface area contributed by atoms with E-state index in [1.807, 2.05) is 0 Å². The highest BCUT2D eigenvalue weighted by atomic mass is 32.2. The van der Waals surface area contributed by atoms with Gasteiger partial charge in [-0.2, -0.15) is 0 Å². The molecule has 0 saturated carbocycles. The normalized spacial score (nSPS) is 11.7. The maximum absolute atomic E-state index is 12.2. The van der Waals surface area contributed by atoms with Gasteiger partial charge in [0, 0.05) is 5.56 Å². The van der Waals surface area contributed by atoms with Crippen LogP contribution in [0.3, 0.4) is 0 Å². The van der Waals surface area contributed by atoms with Crippen LogP contribution in [0.4, 0.5) is 5.82 Å². The highest BCUT2D eigenvalue weighted by molar-refractivity contribution is 7.92. The molecule has 11 heteroatoms. The molecule has 28 heavy (non-hydrogen) atoms. The Morgan fingerprint density at radius 1 is 1.21 bits per heavy atom. The van der Waals surface area contributed by atoms with Crippen LogP contribution >= 0.6 is 0 Å². The quantitative estimate of drug-likeness (QED) is 0.618. The molecule has 10 nitrogen and oxygen atoms in total. The fourth-order valence-electron chi connectivity index (χ4n) is 2.33. The molecule has 146 valence electrons. The molecule has 2 aromatic heterocycles. The minimum Gasteiger partial charge on any atom is -0.481 e. The number of carboxylic acids is 1. The zero-order chi connectivity index (χ0) is 20.5. The molecule has 0 aliphatic carbocycles. The van der Waals surface area contributed by atoms with Crippen LogP contribution < -0.4 is 5.73 Å². The molecular formula is C17H17N5O5S. The molecule has 2 heterocycles. The average Bonchev–Trinajstić information content (AvgIpc) is 3.09. The number of benzene rings is 1. The first-order valence-electron chi connectivity index (χ1n) is 8.20. The monoisotopic (exact) mass is 403 g/mol. The summed E-state index contributed by atoms with van der Waals surface area (Å²) in [5.74, 6) is -1.22. The van der Waals surface area contributed by atoms with E-state index in [0.717, 1.165) is 0 Å². The molecule has 0 aliphatic rings. The molecule has 3 N–H and O–H groups in total. The number of hydrogen-bond acceptors (Lipinski definition) is 9. The van der Waals surface area contributed by atoms with Crippen molar-refractivity contribution in [3.8, 4) is 22.8 Å². The Labute approximate surface area is 160 Å². The Bertz CT molecular complexity index is 1120. The second-order valence-corrected chi connectivity index (χ2v) is 8.68. The number of nitrogen functional groups attached to an aromatic ring is 1. The van der Waals surface area contributed by atoms with Gasteiger partial charge in [0.25, 0.3) is 5.89 Å². The average molecular weight is 403 g/mol. The first-order chi connectivity index (χ1) is 13.2. The first kappa shape index (κ1) is 19.4. The number of rotatable bonds is 6. The summed E-state index contributed by atoms with van der Waals surface area (Å²) in [6.45, 7) is 3.23. The van der Waals surface area contributed by atoms with Crippen LogP contribution in [-0.4, -0.2) is 44.9 Å². The van der Waals surface area contributed by atoms with Crippen LogP contribution in [0.2, 0.25) is 0 Å². The van der Waals surface area contributed by atoms with Gasteiger partial charge >= 0.3 is 5.97 Å². The first-order valence-corrected chi connectivity index (χ1v) is 9.74. The second-order valence-electron chi connectivity index (χ2n) is 6.18. The van der Waals surface area contributed by atoms with E-state index in [0.29, 0.717) is 11.3 Å². The van der Waals surface area contributed by atoms with Crippen molar-refractivity contribution in [1.29, 1.82) is 0 Å². The number of aromatic nitrogens is 4. The zero-order valence-electron chi connectivity index (χ0n) is 15.0. The largest absolute Gasteiger partial charge is 0.481 e. The van der Waals surface area contributed by atoms with E-state index < -0.39 is 27.5 Å². The lowest BCUT2D eigenvalue weighted by atomic mass is 10.1. The van der Waals surface area contributed by atoms with Gasteiger partial charge in [-0.25, -0.2) is 18.4 Å². The van der Waals surface area contributed by atoms with Crippen LogP contribution in [0.5, 0.6) is 0 Å².